The zero-order valence-corrected chi connectivity index (χ0v) is 17.7. The Hall–Kier alpha value is -2.87. The lowest BCUT2D eigenvalue weighted by Crippen LogP contribution is -2.30. The van der Waals surface area contributed by atoms with Gasteiger partial charge in [0.2, 0.25) is 0 Å². The molecule has 3 aromatic rings. The van der Waals surface area contributed by atoms with Crippen molar-refractivity contribution in [2.24, 2.45) is 0 Å². The van der Waals surface area contributed by atoms with Crippen molar-refractivity contribution in [3.8, 4) is 0 Å². The lowest BCUT2D eigenvalue weighted by molar-refractivity contribution is -0.143. The van der Waals surface area contributed by atoms with Crippen molar-refractivity contribution in [2.75, 3.05) is 0 Å². The van der Waals surface area contributed by atoms with E-state index in [1.54, 1.807) is 0 Å². The highest BCUT2D eigenvalue weighted by Crippen LogP contribution is 2.40. The fourth-order valence-corrected chi connectivity index (χ4v) is 4.29. The predicted molar refractivity (Wildman–Crippen MR) is 111 cm³/mol. The van der Waals surface area contributed by atoms with Crippen molar-refractivity contribution in [2.45, 2.75) is 50.7 Å². The Morgan fingerprint density at radius 2 is 1.52 bits per heavy atom. The zero-order valence-electron chi connectivity index (χ0n) is 17.7. The van der Waals surface area contributed by atoms with E-state index in [2.05, 4.69) is 4.98 Å². The van der Waals surface area contributed by atoms with Crippen LogP contribution in [0.5, 0.6) is 0 Å². The quantitative estimate of drug-likeness (QED) is 0.384. The summed E-state index contributed by atoms with van der Waals surface area (Å²) in [7, 11) is 0. The van der Waals surface area contributed by atoms with Crippen LogP contribution in [0.2, 0.25) is 0 Å². The van der Waals surface area contributed by atoms with Crippen LogP contribution >= 0.6 is 0 Å². The number of hydrogen-bond donors (Lipinski definition) is 0. The van der Waals surface area contributed by atoms with Crippen LogP contribution in [-0.2, 0) is 30.1 Å². The average molecular weight is 465 g/mol. The minimum atomic E-state index is -4.89. The van der Waals surface area contributed by atoms with Crippen LogP contribution in [0, 0.1) is 6.92 Å². The Morgan fingerprint density at radius 3 is 2.12 bits per heavy atom. The van der Waals surface area contributed by atoms with Gasteiger partial charge in [-0.3, -0.25) is 4.98 Å². The Kier molecular flexibility index (Phi) is 6.22. The number of ether oxygens (including phenoxy) is 1. The van der Waals surface area contributed by atoms with Gasteiger partial charge in [0.05, 0.1) is 23.8 Å². The summed E-state index contributed by atoms with van der Waals surface area (Å²) in [5.74, 6) is -0.226. The summed E-state index contributed by atoms with van der Waals surface area (Å²) in [5, 5.41) is 0. The Bertz CT molecular complexity index is 1090. The minimum Gasteiger partial charge on any atom is -0.373 e. The van der Waals surface area contributed by atoms with E-state index >= 15 is 0 Å². The normalized spacial score (nSPS) is 18.8. The second kappa shape index (κ2) is 8.82. The number of nitrogens with zero attached hydrogens (tertiary/aromatic N) is 1. The molecule has 0 fully saturated rings. The van der Waals surface area contributed by atoms with Gasteiger partial charge in [-0.25, -0.2) is 0 Å². The van der Waals surface area contributed by atoms with Crippen LogP contribution < -0.4 is 0 Å². The third-order valence-corrected chi connectivity index (χ3v) is 5.79. The summed E-state index contributed by atoms with van der Waals surface area (Å²) in [6.07, 6.45) is -9.05. The Morgan fingerprint density at radius 1 is 0.879 bits per heavy atom. The van der Waals surface area contributed by atoms with Crippen LogP contribution in [0.4, 0.5) is 26.3 Å². The molecule has 33 heavy (non-hydrogen) atoms. The number of benzene rings is 2. The molecule has 0 radical (unpaired) electrons. The van der Waals surface area contributed by atoms with Crippen molar-refractivity contribution in [1.29, 1.82) is 0 Å². The van der Waals surface area contributed by atoms with Gasteiger partial charge in [-0.1, -0.05) is 36.4 Å². The molecule has 0 spiro atoms. The number of rotatable bonds is 4. The van der Waals surface area contributed by atoms with E-state index in [0.29, 0.717) is 25.0 Å². The first kappa shape index (κ1) is 23.3. The van der Waals surface area contributed by atoms with E-state index in [4.69, 9.17) is 4.74 Å². The van der Waals surface area contributed by atoms with Crippen LogP contribution in [-0.4, -0.2) is 11.1 Å². The maximum atomic E-state index is 13.2. The molecule has 0 bridgehead atoms. The fraction of sp³-hybridized carbons (Fsp3) is 0.320. The first-order valence-corrected chi connectivity index (χ1v) is 10.4. The highest BCUT2D eigenvalue weighted by molar-refractivity contribution is 5.39. The lowest BCUT2D eigenvalue weighted by atomic mass is 9.78. The van der Waals surface area contributed by atoms with Crippen LogP contribution in [0.3, 0.4) is 0 Å². The zero-order chi connectivity index (χ0) is 23.8. The van der Waals surface area contributed by atoms with Gasteiger partial charge in [0, 0.05) is 17.3 Å². The van der Waals surface area contributed by atoms with Crippen molar-refractivity contribution in [1.82, 2.24) is 4.98 Å². The van der Waals surface area contributed by atoms with E-state index in [9.17, 15) is 26.3 Å². The van der Waals surface area contributed by atoms with Gasteiger partial charge in [0.1, 0.15) is 0 Å². The molecule has 1 aromatic heterocycles. The van der Waals surface area contributed by atoms with E-state index in [-0.39, 0.29) is 24.2 Å². The van der Waals surface area contributed by atoms with E-state index in [1.807, 2.05) is 49.4 Å². The van der Waals surface area contributed by atoms with E-state index in [1.165, 1.54) is 0 Å². The number of halogens is 6. The maximum absolute atomic E-state index is 13.2. The molecule has 0 amide bonds. The molecule has 0 saturated heterocycles. The molecule has 0 aliphatic heterocycles. The van der Waals surface area contributed by atoms with E-state index < -0.39 is 29.6 Å². The highest BCUT2D eigenvalue weighted by Gasteiger charge is 2.37. The summed E-state index contributed by atoms with van der Waals surface area (Å²) in [6, 6.07) is 14.9. The van der Waals surface area contributed by atoms with Gasteiger partial charge < -0.3 is 4.74 Å². The molecule has 174 valence electrons. The Labute approximate surface area is 187 Å². The number of pyridine rings is 1. The summed E-state index contributed by atoms with van der Waals surface area (Å²) in [6.45, 7) is 1.53. The molecule has 1 heterocycles. The standard InChI is InChI=1S/C25H21F6NO/c1-15-7-8-20-21(32-15)9-10-22(23(20)17-5-3-2-4-6-17)33-14-16-11-18(24(26,27)28)13-19(12-16)25(29,30)31/h2-8,11-13,22-23H,9-10,14H2,1H3/t22-,23+/m0/s1. The van der Waals surface area contributed by atoms with Gasteiger partial charge >= 0.3 is 12.4 Å². The number of fused-ring (bicyclic) bond motifs is 1. The molecular formula is C25H21F6NO. The Balaban J connectivity index is 1.65. The second-order valence-corrected chi connectivity index (χ2v) is 8.18. The van der Waals surface area contributed by atoms with Gasteiger partial charge in [0.25, 0.3) is 0 Å². The first-order chi connectivity index (χ1) is 15.5. The van der Waals surface area contributed by atoms with Gasteiger partial charge in [-0.2, -0.15) is 26.3 Å². The molecular weight excluding hydrogens is 444 g/mol. The largest absolute Gasteiger partial charge is 0.416 e. The van der Waals surface area contributed by atoms with Gasteiger partial charge in [0.15, 0.2) is 0 Å². The smallest absolute Gasteiger partial charge is 0.373 e. The van der Waals surface area contributed by atoms with Crippen LogP contribution in [0.25, 0.3) is 0 Å². The third kappa shape index (κ3) is 5.21. The fourth-order valence-electron chi connectivity index (χ4n) is 4.29. The van der Waals surface area contributed by atoms with E-state index in [0.717, 1.165) is 22.5 Å². The van der Waals surface area contributed by atoms with Crippen molar-refractivity contribution >= 4 is 0 Å². The highest BCUT2D eigenvalue weighted by atomic mass is 19.4. The molecule has 4 rings (SSSR count). The maximum Gasteiger partial charge on any atom is 0.416 e. The minimum absolute atomic E-state index is 0.126. The van der Waals surface area contributed by atoms with Crippen molar-refractivity contribution in [3.63, 3.8) is 0 Å². The number of aromatic nitrogens is 1. The first-order valence-electron chi connectivity index (χ1n) is 10.4. The van der Waals surface area contributed by atoms with Crippen LogP contribution in [0.1, 0.15) is 51.5 Å². The number of hydrogen-bond acceptors (Lipinski definition) is 2. The lowest BCUT2D eigenvalue weighted by Gasteiger charge is -2.33. The van der Waals surface area contributed by atoms with Gasteiger partial charge in [-0.05, 0) is 60.7 Å². The molecule has 0 N–H and O–H groups in total. The number of alkyl halides is 6. The van der Waals surface area contributed by atoms with Crippen LogP contribution in [0.15, 0.2) is 60.7 Å². The SMILES string of the molecule is Cc1ccc2c(n1)CC[C@H](OCc1cc(C(F)(F)F)cc(C(F)(F)F)c1)[C@@H]2c1ccccc1. The molecule has 2 nitrogen and oxygen atoms in total. The molecule has 1 aliphatic rings. The monoisotopic (exact) mass is 465 g/mol. The average Bonchev–Trinajstić information content (AvgIpc) is 2.76. The summed E-state index contributed by atoms with van der Waals surface area (Å²) < 4.78 is 85.2. The molecule has 0 saturated carbocycles. The van der Waals surface area contributed by atoms with Crippen molar-refractivity contribution < 1.29 is 31.1 Å². The predicted octanol–water partition coefficient (Wildman–Crippen LogP) is 7.09. The van der Waals surface area contributed by atoms with Gasteiger partial charge in [-0.15, -0.1) is 0 Å². The molecule has 2 atom stereocenters. The van der Waals surface area contributed by atoms with Crippen molar-refractivity contribution in [3.05, 3.63) is 99.9 Å². The molecule has 8 heteroatoms. The second-order valence-electron chi connectivity index (χ2n) is 8.18. The summed E-state index contributed by atoms with van der Waals surface area (Å²) >= 11 is 0. The summed E-state index contributed by atoms with van der Waals surface area (Å²) in [5.41, 5.74) is 0.869. The third-order valence-electron chi connectivity index (χ3n) is 5.79. The topological polar surface area (TPSA) is 22.1 Å². The molecule has 0 unspecified atom stereocenters. The summed E-state index contributed by atoms with van der Waals surface area (Å²) in [4.78, 5) is 4.61. The number of aryl methyl sites for hydroxylation is 2. The molecule has 1 aliphatic carbocycles. The molecule has 2 aromatic carbocycles.